The summed E-state index contributed by atoms with van der Waals surface area (Å²) in [6.45, 7) is 3.24. The average Bonchev–Trinajstić information content (AvgIpc) is 2.67. The highest BCUT2D eigenvalue weighted by molar-refractivity contribution is 5.93. The molecule has 3 rings (SSSR count). The van der Waals surface area contributed by atoms with Crippen molar-refractivity contribution in [1.82, 2.24) is 10.2 Å². The molecular formula is C21H32N3O2+. The molecule has 0 radical (unpaired) electrons. The number of likely N-dealkylation sites (tertiary alicyclic amines) is 1. The van der Waals surface area contributed by atoms with Crippen molar-refractivity contribution >= 4 is 11.8 Å². The minimum absolute atomic E-state index is 0.0708. The van der Waals surface area contributed by atoms with E-state index in [2.05, 4.69) is 17.3 Å². The molecular weight excluding hydrogens is 326 g/mol. The number of piperidine rings is 1. The summed E-state index contributed by atoms with van der Waals surface area (Å²) in [6, 6.07) is 7.65. The third-order valence-corrected chi connectivity index (χ3v) is 6.05. The van der Waals surface area contributed by atoms with Crippen LogP contribution < -0.4 is 10.2 Å². The topological polar surface area (TPSA) is 53.9 Å². The number of nitrogens with zero attached hydrogens (tertiary/aromatic N) is 1. The van der Waals surface area contributed by atoms with Crippen molar-refractivity contribution < 1.29 is 14.5 Å². The zero-order valence-corrected chi connectivity index (χ0v) is 16.1. The summed E-state index contributed by atoms with van der Waals surface area (Å²) >= 11 is 0. The zero-order valence-electron chi connectivity index (χ0n) is 16.1. The van der Waals surface area contributed by atoms with E-state index in [0.717, 1.165) is 37.0 Å². The van der Waals surface area contributed by atoms with Crippen LogP contribution in [-0.2, 0) is 11.3 Å². The van der Waals surface area contributed by atoms with Crippen LogP contribution in [-0.4, -0.2) is 50.4 Å². The Balaban J connectivity index is 1.49. The van der Waals surface area contributed by atoms with Crippen LogP contribution in [0.4, 0.5) is 0 Å². The largest absolute Gasteiger partial charge is 0.355 e. The molecule has 3 atom stereocenters. The van der Waals surface area contributed by atoms with E-state index in [0.29, 0.717) is 12.1 Å². The molecule has 1 heterocycles. The molecule has 0 bridgehead atoms. The van der Waals surface area contributed by atoms with Gasteiger partial charge >= 0.3 is 0 Å². The molecule has 1 aliphatic heterocycles. The molecule has 5 nitrogen and oxygen atoms in total. The van der Waals surface area contributed by atoms with Gasteiger partial charge in [-0.05, 0) is 36.8 Å². The van der Waals surface area contributed by atoms with E-state index in [4.69, 9.17) is 0 Å². The summed E-state index contributed by atoms with van der Waals surface area (Å²) < 4.78 is 0. The van der Waals surface area contributed by atoms with Crippen molar-refractivity contribution in [3.05, 3.63) is 35.4 Å². The quantitative estimate of drug-likeness (QED) is 0.828. The van der Waals surface area contributed by atoms with Crippen molar-refractivity contribution in [2.24, 2.45) is 11.8 Å². The van der Waals surface area contributed by atoms with Crippen molar-refractivity contribution in [2.75, 3.05) is 33.7 Å². The Labute approximate surface area is 156 Å². The van der Waals surface area contributed by atoms with E-state index >= 15 is 0 Å². The van der Waals surface area contributed by atoms with E-state index in [-0.39, 0.29) is 11.8 Å². The molecule has 2 amide bonds. The van der Waals surface area contributed by atoms with Gasteiger partial charge in [-0.25, -0.2) is 0 Å². The molecule has 2 aliphatic rings. The Bertz CT molecular complexity index is 629. The number of hydrogen-bond acceptors (Lipinski definition) is 2. The molecule has 2 fully saturated rings. The van der Waals surface area contributed by atoms with Crippen LogP contribution in [0.15, 0.2) is 24.3 Å². The summed E-state index contributed by atoms with van der Waals surface area (Å²) in [5.41, 5.74) is 1.81. The summed E-state index contributed by atoms with van der Waals surface area (Å²) in [5, 5.41) is 2.63. The smallest absolute Gasteiger partial charge is 0.277 e. The second-order valence-electron chi connectivity index (χ2n) is 8.02. The predicted octanol–water partition coefficient (Wildman–Crippen LogP) is 1.10. The first-order chi connectivity index (χ1) is 12.6. The Hall–Kier alpha value is -1.88. The van der Waals surface area contributed by atoms with Gasteiger partial charge in [-0.3, -0.25) is 9.59 Å². The van der Waals surface area contributed by atoms with Crippen LogP contribution in [0.1, 0.15) is 48.0 Å². The molecule has 26 heavy (non-hydrogen) atoms. The number of fused-ring (bicyclic) bond motifs is 1. The fourth-order valence-corrected chi connectivity index (χ4v) is 4.53. The lowest BCUT2D eigenvalue weighted by Gasteiger charge is -2.41. The molecule has 0 aromatic heterocycles. The average molecular weight is 359 g/mol. The van der Waals surface area contributed by atoms with Crippen LogP contribution >= 0.6 is 0 Å². The molecule has 1 aliphatic carbocycles. The van der Waals surface area contributed by atoms with Crippen LogP contribution in [0.5, 0.6) is 0 Å². The summed E-state index contributed by atoms with van der Waals surface area (Å²) in [6.07, 6.45) is 6.57. The Morgan fingerprint density at radius 2 is 1.81 bits per heavy atom. The van der Waals surface area contributed by atoms with Crippen molar-refractivity contribution in [2.45, 2.75) is 38.6 Å². The third kappa shape index (κ3) is 4.64. The number of benzene rings is 1. The first-order valence-electron chi connectivity index (χ1n) is 9.97. The number of nitrogens with one attached hydrogen (secondary N) is 2. The number of carbonyl (C=O) groups excluding carboxylic acids is 2. The molecule has 1 saturated heterocycles. The maximum Gasteiger partial charge on any atom is 0.277 e. The normalized spacial score (nSPS) is 23.8. The van der Waals surface area contributed by atoms with Crippen molar-refractivity contribution in [3.8, 4) is 0 Å². The third-order valence-electron chi connectivity index (χ3n) is 6.05. The van der Waals surface area contributed by atoms with Crippen LogP contribution in [0, 0.1) is 11.8 Å². The maximum absolute atomic E-state index is 12.7. The fourth-order valence-electron chi connectivity index (χ4n) is 4.53. The summed E-state index contributed by atoms with van der Waals surface area (Å²) in [5.74, 6) is 1.81. The van der Waals surface area contributed by atoms with E-state index < -0.39 is 0 Å². The Morgan fingerprint density at radius 1 is 1.12 bits per heavy atom. The fraction of sp³-hybridized carbons (Fsp3) is 0.619. The second kappa shape index (κ2) is 8.67. The second-order valence-corrected chi connectivity index (χ2v) is 8.02. The van der Waals surface area contributed by atoms with Gasteiger partial charge in [0.05, 0.1) is 7.05 Å². The van der Waals surface area contributed by atoms with Gasteiger partial charge in [0, 0.05) is 31.3 Å². The molecule has 2 N–H and O–H groups in total. The van der Waals surface area contributed by atoms with Gasteiger partial charge in [-0.2, -0.15) is 0 Å². The summed E-state index contributed by atoms with van der Waals surface area (Å²) in [7, 11) is 3.70. The molecule has 1 aromatic carbocycles. The maximum atomic E-state index is 12.7. The number of rotatable bonds is 5. The minimum Gasteiger partial charge on any atom is -0.355 e. The highest BCUT2D eigenvalue weighted by Crippen LogP contribution is 2.35. The number of likely N-dealkylation sites (N-methyl/N-ethyl adjacent to an activating group) is 1. The highest BCUT2D eigenvalue weighted by Gasteiger charge is 2.33. The Kier molecular flexibility index (Phi) is 6.30. The highest BCUT2D eigenvalue weighted by atomic mass is 16.2. The summed E-state index contributed by atoms with van der Waals surface area (Å²) in [4.78, 5) is 27.6. The number of carbonyl (C=O) groups is 2. The lowest BCUT2D eigenvalue weighted by molar-refractivity contribution is -0.885. The number of hydrogen-bond donors (Lipinski definition) is 2. The monoisotopic (exact) mass is 358 g/mol. The predicted molar refractivity (Wildman–Crippen MR) is 102 cm³/mol. The molecule has 0 spiro atoms. The minimum atomic E-state index is -0.0708. The van der Waals surface area contributed by atoms with Gasteiger partial charge in [0.1, 0.15) is 6.54 Å². The van der Waals surface area contributed by atoms with Gasteiger partial charge in [0.2, 0.25) is 0 Å². The lowest BCUT2D eigenvalue weighted by atomic mass is 9.75. The van der Waals surface area contributed by atoms with Gasteiger partial charge in [-0.1, -0.05) is 31.4 Å². The van der Waals surface area contributed by atoms with Gasteiger partial charge < -0.3 is 15.1 Å². The van der Waals surface area contributed by atoms with Crippen molar-refractivity contribution in [1.29, 1.82) is 0 Å². The lowest BCUT2D eigenvalue weighted by Crippen LogP contribution is -3.08. The number of quaternary nitrogens is 1. The van der Waals surface area contributed by atoms with Gasteiger partial charge in [-0.15, -0.1) is 0 Å². The van der Waals surface area contributed by atoms with E-state index in [1.54, 1.807) is 7.05 Å². The molecule has 5 heteroatoms. The Morgan fingerprint density at radius 3 is 2.50 bits per heavy atom. The standard InChI is InChI=1S/C21H31N3O2/c1-22-21(26)18-9-7-16(8-10-18)13-23(2)15-20(25)24-12-11-17-5-3-4-6-19(17)14-24/h7-10,17,19H,3-6,11-15H2,1-2H3,(H,22,26)/p+1/t17-,19+/m0/s1. The van der Waals surface area contributed by atoms with E-state index in [9.17, 15) is 9.59 Å². The van der Waals surface area contributed by atoms with Crippen LogP contribution in [0.3, 0.4) is 0 Å². The molecule has 1 unspecified atom stereocenters. The molecule has 142 valence electrons. The van der Waals surface area contributed by atoms with Crippen molar-refractivity contribution in [3.63, 3.8) is 0 Å². The van der Waals surface area contributed by atoms with Crippen LogP contribution in [0.25, 0.3) is 0 Å². The first kappa shape index (κ1) is 18.9. The molecule has 1 aromatic rings. The van der Waals surface area contributed by atoms with E-state index in [1.165, 1.54) is 37.0 Å². The van der Waals surface area contributed by atoms with Gasteiger partial charge in [0.15, 0.2) is 6.54 Å². The van der Waals surface area contributed by atoms with E-state index in [1.807, 2.05) is 24.3 Å². The van der Waals surface area contributed by atoms with Crippen LogP contribution in [0.2, 0.25) is 0 Å². The molecule has 1 saturated carbocycles. The van der Waals surface area contributed by atoms with Gasteiger partial charge in [0.25, 0.3) is 11.8 Å². The SMILES string of the molecule is CNC(=O)c1ccc(C[NH+](C)CC(=O)N2CC[C@@H]3CCCC[C@@H]3C2)cc1. The first-order valence-corrected chi connectivity index (χ1v) is 9.97. The zero-order chi connectivity index (χ0) is 18.5. The number of amides is 2.